The van der Waals surface area contributed by atoms with Crippen molar-refractivity contribution in [2.75, 3.05) is 0 Å². The van der Waals surface area contributed by atoms with Gasteiger partial charge >= 0.3 is 0 Å². The minimum atomic E-state index is -0.519. The van der Waals surface area contributed by atoms with Crippen molar-refractivity contribution in [2.45, 2.75) is 6.92 Å². The summed E-state index contributed by atoms with van der Waals surface area (Å²) >= 11 is 5.94. The van der Waals surface area contributed by atoms with E-state index in [4.69, 9.17) is 11.6 Å². The van der Waals surface area contributed by atoms with Gasteiger partial charge in [-0.15, -0.1) is 0 Å². The molecule has 0 unspecified atom stereocenters. The lowest BCUT2D eigenvalue weighted by molar-refractivity contribution is 0.752. The molecule has 0 radical (unpaired) electrons. The van der Waals surface area contributed by atoms with E-state index in [0.29, 0.717) is 11.2 Å². The van der Waals surface area contributed by atoms with E-state index >= 15 is 0 Å². The molecular formula is C18H14ClFN4. The summed E-state index contributed by atoms with van der Waals surface area (Å²) in [6.45, 7) is 5.44. The molecule has 4 nitrogen and oxygen atoms in total. The van der Waals surface area contributed by atoms with Crippen molar-refractivity contribution in [1.29, 1.82) is 0 Å². The van der Waals surface area contributed by atoms with Crippen LogP contribution in [0.1, 0.15) is 11.3 Å². The second-order valence-electron chi connectivity index (χ2n) is 5.17. The lowest BCUT2D eigenvalue weighted by atomic mass is 10.0. The predicted octanol–water partition coefficient (Wildman–Crippen LogP) is 4.72. The number of hydrogen-bond acceptors (Lipinski definition) is 3. The minimum absolute atomic E-state index is 0.222. The number of pyridine rings is 2. The lowest BCUT2D eigenvalue weighted by Gasteiger charge is -2.09. The Kier molecular flexibility index (Phi) is 4.53. The third-order valence-electron chi connectivity index (χ3n) is 3.38. The van der Waals surface area contributed by atoms with Crippen molar-refractivity contribution in [3.63, 3.8) is 0 Å². The number of aryl methyl sites for hydroxylation is 1. The number of rotatable bonds is 4. The Balaban J connectivity index is 2.15. The van der Waals surface area contributed by atoms with Crippen LogP contribution in [0.2, 0.25) is 0 Å². The molecule has 3 heterocycles. The third-order valence-corrected chi connectivity index (χ3v) is 3.62. The normalized spacial score (nSPS) is 12.6. The van der Waals surface area contributed by atoms with Crippen LogP contribution >= 0.6 is 11.6 Å². The average Bonchev–Trinajstić information content (AvgIpc) is 3.02. The highest BCUT2D eigenvalue weighted by atomic mass is 35.5. The number of aromatic nitrogens is 4. The maximum atomic E-state index is 14.6. The largest absolute Gasteiger partial charge is 0.253 e. The summed E-state index contributed by atoms with van der Waals surface area (Å²) in [6, 6.07) is 5.56. The molecule has 0 spiro atoms. The van der Waals surface area contributed by atoms with Gasteiger partial charge in [-0.05, 0) is 48.4 Å². The molecule has 0 aliphatic rings. The van der Waals surface area contributed by atoms with Gasteiger partial charge in [0.15, 0.2) is 11.5 Å². The quantitative estimate of drug-likeness (QED) is 0.645. The Hall–Kier alpha value is -2.79. The molecule has 3 rings (SSSR count). The van der Waals surface area contributed by atoms with Crippen molar-refractivity contribution in [1.82, 2.24) is 19.6 Å². The second-order valence-corrected chi connectivity index (χ2v) is 5.60. The Bertz CT molecular complexity index is 972. The van der Waals surface area contributed by atoms with E-state index in [1.807, 2.05) is 25.1 Å². The fourth-order valence-corrected chi connectivity index (χ4v) is 2.50. The molecule has 6 heteroatoms. The van der Waals surface area contributed by atoms with Crippen molar-refractivity contribution >= 4 is 23.1 Å². The first-order valence-corrected chi connectivity index (χ1v) is 7.58. The Morgan fingerprint density at radius 3 is 2.96 bits per heavy atom. The lowest BCUT2D eigenvalue weighted by Crippen LogP contribution is -1.94. The molecule has 0 saturated carbocycles. The summed E-state index contributed by atoms with van der Waals surface area (Å²) in [5, 5.41) is 4.30. The SMILES string of the molecule is C=C/C=C(Cl)\C=C(/F)c1ncc(C)cc1-c1ccn2ncnc2c1. The van der Waals surface area contributed by atoms with E-state index in [-0.39, 0.29) is 10.7 Å². The first-order valence-electron chi connectivity index (χ1n) is 7.20. The van der Waals surface area contributed by atoms with Crippen molar-refractivity contribution in [3.8, 4) is 11.1 Å². The van der Waals surface area contributed by atoms with E-state index in [1.54, 1.807) is 16.9 Å². The predicted molar refractivity (Wildman–Crippen MR) is 94.2 cm³/mol. The van der Waals surface area contributed by atoms with Crippen molar-refractivity contribution < 1.29 is 4.39 Å². The number of fused-ring (bicyclic) bond motifs is 1. The molecular weight excluding hydrogens is 327 g/mol. The van der Waals surface area contributed by atoms with E-state index < -0.39 is 5.83 Å². The number of hydrogen-bond donors (Lipinski definition) is 0. The molecule has 0 aliphatic heterocycles. The van der Waals surface area contributed by atoms with Crippen LogP contribution < -0.4 is 0 Å². The van der Waals surface area contributed by atoms with Gasteiger partial charge in [-0.1, -0.05) is 24.3 Å². The molecule has 120 valence electrons. The topological polar surface area (TPSA) is 43.1 Å². The summed E-state index contributed by atoms with van der Waals surface area (Å²) in [6.07, 6.45) is 9.09. The highest BCUT2D eigenvalue weighted by Gasteiger charge is 2.13. The van der Waals surface area contributed by atoms with Crippen LogP contribution in [0, 0.1) is 6.92 Å². The summed E-state index contributed by atoms with van der Waals surface area (Å²) in [4.78, 5) is 8.39. The summed E-state index contributed by atoms with van der Waals surface area (Å²) in [5.41, 5.74) is 3.29. The van der Waals surface area contributed by atoms with Gasteiger partial charge in [-0.3, -0.25) is 4.98 Å². The molecule has 0 N–H and O–H groups in total. The van der Waals surface area contributed by atoms with Gasteiger partial charge in [0.25, 0.3) is 0 Å². The van der Waals surface area contributed by atoms with E-state index in [1.165, 1.54) is 24.6 Å². The zero-order valence-electron chi connectivity index (χ0n) is 12.9. The smallest absolute Gasteiger partial charge is 0.155 e. The van der Waals surface area contributed by atoms with Crippen LogP contribution in [0.15, 0.2) is 66.8 Å². The van der Waals surface area contributed by atoms with Gasteiger partial charge in [0, 0.05) is 23.0 Å². The highest BCUT2D eigenvalue weighted by molar-refractivity contribution is 6.31. The van der Waals surface area contributed by atoms with Gasteiger partial charge in [0.2, 0.25) is 0 Å². The minimum Gasteiger partial charge on any atom is -0.253 e. The van der Waals surface area contributed by atoms with E-state index in [2.05, 4.69) is 21.6 Å². The van der Waals surface area contributed by atoms with Crippen LogP contribution in [0.5, 0.6) is 0 Å². The Labute approximate surface area is 143 Å². The third kappa shape index (κ3) is 3.26. The standard InChI is InChI=1S/C18H14ClFN4/c1-3-4-14(19)9-16(20)18-15(7-12(2)10-21-18)13-5-6-24-17(8-13)22-11-23-24/h3-11H,1H2,2H3/b14-4+,16-9-. The van der Waals surface area contributed by atoms with Gasteiger partial charge in [-0.2, -0.15) is 5.10 Å². The zero-order chi connectivity index (χ0) is 17.1. The molecule has 0 aliphatic carbocycles. The first-order chi connectivity index (χ1) is 11.6. The van der Waals surface area contributed by atoms with Crippen LogP contribution in [-0.4, -0.2) is 19.6 Å². The monoisotopic (exact) mass is 340 g/mol. The Morgan fingerprint density at radius 1 is 1.33 bits per heavy atom. The van der Waals surface area contributed by atoms with Crippen molar-refractivity contribution in [3.05, 3.63) is 78.0 Å². The fraction of sp³-hybridized carbons (Fsp3) is 0.0556. The fourth-order valence-electron chi connectivity index (χ4n) is 2.31. The average molecular weight is 341 g/mol. The molecule has 0 saturated heterocycles. The molecule has 3 aromatic heterocycles. The van der Waals surface area contributed by atoms with Crippen molar-refractivity contribution in [2.24, 2.45) is 0 Å². The van der Waals surface area contributed by atoms with Crippen LogP contribution in [-0.2, 0) is 0 Å². The van der Waals surface area contributed by atoms with Crippen LogP contribution in [0.4, 0.5) is 4.39 Å². The van der Waals surface area contributed by atoms with Gasteiger partial charge in [-0.25, -0.2) is 13.9 Å². The summed E-state index contributed by atoms with van der Waals surface area (Å²) in [5.74, 6) is -0.519. The maximum Gasteiger partial charge on any atom is 0.155 e. The number of halogens is 2. The number of allylic oxidation sites excluding steroid dienone is 4. The van der Waals surface area contributed by atoms with E-state index in [0.717, 1.165) is 11.1 Å². The molecule has 3 aromatic rings. The summed E-state index contributed by atoms with van der Waals surface area (Å²) in [7, 11) is 0. The van der Waals surface area contributed by atoms with Crippen LogP contribution in [0.25, 0.3) is 22.6 Å². The molecule has 0 bridgehead atoms. The summed E-state index contributed by atoms with van der Waals surface area (Å²) < 4.78 is 16.3. The molecule has 24 heavy (non-hydrogen) atoms. The van der Waals surface area contributed by atoms with Gasteiger partial charge in [0.1, 0.15) is 12.0 Å². The van der Waals surface area contributed by atoms with Gasteiger partial charge in [0.05, 0.1) is 0 Å². The second kappa shape index (κ2) is 6.76. The number of nitrogens with zero attached hydrogens (tertiary/aromatic N) is 4. The zero-order valence-corrected chi connectivity index (χ0v) is 13.7. The molecule has 0 atom stereocenters. The maximum absolute atomic E-state index is 14.6. The van der Waals surface area contributed by atoms with Crippen LogP contribution in [0.3, 0.4) is 0 Å². The Morgan fingerprint density at radius 2 is 2.17 bits per heavy atom. The first kappa shape index (κ1) is 16.1. The van der Waals surface area contributed by atoms with Gasteiger partial charge < -0.3 is 0 Å². The molecule has 0 amide bonds. The molecule has 0 fully saturated rings. The molecule has 0 aromatic carbocycles. The van der Waals surface area contributed by atoms with E-state index in [9.17, 15) is 4.39 Å². The highest BCUT2D eigenvalue weighted by Crippen LogP contribution is 2.30.